The molecule has 1 heterocycles. The Labute approximate surface area is 156 Å². The molecule has 26 heavy (non-hydrogen) atoms. The Morgan fingerprint density at radius 3 is 2.65 bits per heavy atom. The fourth-order valence-electron chi connectivity index (χ4n) is 5.07. The van der Waals surface area contributed by atoms with Crippen LogP contribution in [0.2, 0.25) is 0 Å². The molecule has 4 rings (SSSR count). The van der Waals surface area contributed by atoms with Gasteiger partial charge in [-0.25, -0.2) is 0 Å². The minimum absolute atomic E-state index is 0.0793. The van der Waals surface area contributed by atoms with Crippen LogP contribution in [0.4, 0.5) is 0 Å². The lowest BCUT2D eigenvalue weighted by molar-refractivity contribution is -0.0904. The quantitative estimate of drug-likeness (QED) is 0.834. The number of benzene rings is 1. The van der Waals surface area contributed by atoms with Gasteiger partial charge < -0.3 is 19.3 Å². The van der Waals surface area contributed by atoms with E-state index in [9.17, 15) is 5.11 Å². The zero-order chi connectivity index (χ0) is 18.1. The highest BCUT2D eigenvalue weighted by Gasteiger charge is 2.48. The first-order chi connectivity index (χ1) is 12.6. The van der Waals surface area contributed by atoms with Crippen molar-refractivity contribution >= 4 is 0 Å². The number of aliphatic hydroxyl groups excluding tert-OH is 1. The Hall–Kier alpha value is -1.20. The molecule has 0 unspecified atom stereocenters. The first kappa shape index (κ1) is 18.2. The van der Waals surface area contributed by atoms with E-state index in [2.05, 4.69) is 44.2 Å². The van der Waals surface area contributed by atoms with Crippen LogP contribution >= 0.6 is 0 Å². The van der Waals surface area contributed by atoms with Crippen LogP contribution in [0, 0.1) is 17.3 Å². The summed E-state index contributed by atoms with van der Waals surface area (Å²) in [5.74, 6) is 0.826. The van der Waals surface area contributed by atoms with Gasteiger partial charge >= 0.3 is 0 Å². The summed E-state index contributed by atoms with van der Waals surface area (Å²) in [6.45, 7) is 6.49. The predicted octanol–water partition coefficient (Wildman–Crippen LogP) is 3.69. The topological polar surface area (TPSA) is 47.9 Å². The van der Waals surface area contributed by atoms with Gasteiger partial charge in [-0.2, -0.15) is 0 Å². The fourth-order valence-corrected chi connectivity index (χ4v) is 5.07. The highest BCUT2D eigenvalue weighted by atomic mass is 16.7. The maximum Gasteiger partial charge on any atom is 0.182 e. The third kappa shape index (κ3) is 3.48. The average molecular weight is 358 g/mol. The molecule has 4 heteroatoms. The second-order valence-electron chi connectivity index (χ2n) is 8.31. The molecule has 1 aromatic rings. The van der Waals surface area contributed by atoms with E-state index in [0.29, 0.717) is 31.7 Å². The van der Waals surface area contributed by atoms with Crippen molar-refractivity contribution in [3.8, 4) is 0 Å². The molecule has 2 fully saturated rings. The fraction of sp³-hybridized carbons (Fsp3) is 0.636. The number of allylic oxidation sites excluding steroid dienone is 1. The second kappa shape index (κ2) is 7.43. The Morgan fingerprint density at radius 1 is 1.19 bits per heavy atom. The van der Waals surface area contributed by atoms with Crippen molar-refractivity contribution in [2.75, 3.05) is 13.2 Å². The lowest BCUT2D eigenvalue weighted by Gasteiger charge is -2.51. The zero-order valence-corrected chi connectivity index (χ0v) is 15.8. The van der Waals surface area contributed by atoms with Crippen LogP contribution in [-0.2, 0) is 20.8 Å². The van der Waals surface area contributed by atoms with Gasteiger partial charge in [-0.1, -0.05) is 50.3 Å². The summed E-state index contributed by atoms with van der Waals surface area (Å²) >= 11 is 0. The summed E-state index contributed by atoms with van der Waals surface area (Å²) in [4.78, 5) is 0. The van der Waals surface area contributed by atoms with Gasteiger partial charge in [0.05, 0.1) is 32.0 Å². The first-order valence-corrected chi connectivity index (χ1v) is 9.86. The van der Waals surface area contributed by atoms with Crippen molar-refractivity contribution < 1.29 is 19.3 Å². The number of rotatable bonds is 4. The van der Waals surface area contributed by atoms with Crippen molar-refractivity contribution in [1.82, 2.24) is 0 Å². The molecule has 1 aliphatic heterocycles. The van der Waals surface area contributed by atoms with Gasteiger partial charge in [-0.05, 0) is 42.1 Å². The third-order valence-electron chi connectivity index (χ3n) is 6.59. The summed E-state index contributed by atoms with van der Waals surface area (Å²) in [6, 6.07) is 10.4. The van der Waals surface area contributed by atoms with Gasteiger partial charge in [-0.3, -0.25) is 0 Å². The van der Waals surface area contributed by atoms with Crippen molar-refractivity contribution in [3.63, 3.8) is 0 Å². The van der Waals surface area contributed by atoms with Gasteiger partial charge in [0.1, 0.15) is 0 Å². The molecule has 4 nitrogen and oxygen atoms in total. The number of fused-ring (bicyclic) bond motifs is 1. The molecule has 1 aromatic carbocycles. The van der Waals surface area contributed by atoms with E-state index in [4.69, 9.17) is 14.2 Å². The summed E-state index contributed by atoms with van der Waals surface area (Å²) < 4.78 is 17.6. The Morgan fingerprint density at radius 2 is 1.92 bits per heavy atom. The van der Waals surface area contributed by atoms with Crippen LogP contribution in [0.5, 0.6) is 0 Å². The minimum atomic E-state index is -0.480. The SMILES string of the molecule is C[C@@H]1[C@@H](OCc2ccccc2)CC[C@]2(C)C=C(C3OCCO3)[C@H](O)C[C@@H]12. The Bertz CT molecular complexity index is 637. The smallest absolute Gasteiger partial charge is 0.182 e. The Balaban J connectivity index is 1.46. The summed E-state index contributed by atoms with van der Waals surface area (Å²) in [6.07, 6.45) is 4.55. The molecular formula is C22H30O4. The average Bonchev–Trinajstić information content (AvgIpc) is 3.18. The van der Waals surface area contributed by atoms with Gasteiger partial charge in [0.25, 0.3) is 0 Å². The molecule has 5 atom stereocenters. The minimum Gasteiger partial charge on any atom is -0.389 e. The predicted molar refractivity (Wildman–Crippen MR) is 99.4 cm³/mol. The largest absolute Gasteiger partial charge is 0.389 e. The molecule has 0 radical (unpaired) electrons. The van der Waals surface area contributed by atoms with Crippen LogP contribution in [0.3, 0.4) is 0 Å². The van der Waals surface area contributed by atoms with Gasteiger partial charge in [0, 0.05) is 5.57 Å². The first-order valence-electron chi connectivity index (χ1n) is 9.86. The van der Waals surface area contributed by atoms with E-state index in [1.165, 1.54) is 5.56 Å². The summed E-state index contributed by atoms with van der Waals surface area (Å²) in [7, 11) is 0. The molecule has 1 saturated carbocycles. The molecule has 142 valence electrons. The van der Waals surface area contributed by atoms with E-state index in [0.717, 1.165) is 24.8 Å². The second-order valence-corrected chi connectivity index (χ2v) is 8.31. The van der Waals surface area contributed by atoms with Crippen LogP contribution < -0.4 is 0 Å². The normalized spacial score (nSPS) is 38.0. The number of hydrogen-bond acceptors (Lipinski definition) is 4. The van der Waals surface area contributed by atoms with E-state index >= 15 is 0 Å². The van der Waals surface area contributed by atoms with Crippen molar-refractivity contribution in [1.29, 1.82) is 0 Å². The van der Waals surface area contributed by atoms with E-state index in [1.807, 2.05) is 6.07 Å². The molecule has 3 aliphatic rings. The molecular weight excluding hydrogens is 328 g/mol. The zero-order valence-electron chi connectivity index (χ0n) is 15.8. The van der Waals surface area contributed by atoms with Crippen LogP contribution in [0.25, 0.3) is 0 Å². The van der Waals surface area contributed by atoms with E-state index in [-0.39, 0.29) is 17.8 Å². The van der Waals surface area contributed by atoms with Crippen molar-refractivity contribution in [2.24, 2.45) is 17.3 Å². The standard InChI is InChI=1S/C22H30O4/c1-15-18-12-19(23)17(21-24-10-11-25-21)13-22(18,2)9-8-20(15)26-14-16-6-4-3-5-7-16/h3-7,13,15,18-21,23H,8-12,14H2,1-2H3/t15-,18-,19+,20-,22+/m0/s1. The Kier molecular flexibility index (Phi) is 5.20. The van der Waals surface area contributed by atoms with Crippen molar-refractivity contribution in [2.45, 2.75) is 58.2 Å². The molecule has 2 aliphatic carbocycles. The van der Waals surface area contributed by atoms with Crippen molar-refractivity contribution in [3.05, 3.63) is 47.5 Å². The molecule has 0 spiro atoms. The van der Waals surface area contributed by atoms with Crippen LogP contribution in [-0.4, -0.2) is 36.8 Å². The summed E-state index contributed by atoms with van der Waals surface area (Å²) in [5, 5.41) is 10.7. The number of hydrogen-bond donors (Lipinski definition) is 1. The highest BCUT2D eigenvalue weighted by molar-refractivity contribution is 5.23. The van der Waals surface area contributed by atoms with Gasteiger partial charge in [0.15, 0.2) is 6.29 Å². The lowest BCUT2D eigenvalue weighted by atomic mass is 9.57. The number of aliphatic hydroxyl groups is 1. The number of ether oxygens (including phenoxy) is 3. The maximum absolute atomic E-state index is 10.7. The molecule has 0 bridgehead atoms. The van der Waals surface area contributed by atoms with Crippen LogP contribution in [0.1, 0.15) is 38.7 Å². The molecule has 0 amide bonds. The monoisotopic (exact) mass is 358 g/mol. The molecule has 1 N–H and O–H groups in total. The highest BCUT2D eigenvalue weighted by Crippen LogP contribution is 2.52. The van der Waals surface area contributed by atoms with E-state index < -0.39 is 6.10 Å². The summed E-state index contributed by atoms with van der Waals surface area (Å²) in [5.41, 5.74) is 2.22. The van der Waals surface area contributed by atoms with Gasteiger partial charge in [0.2, 0.25) is 0 Å². The van der Waals surface area contributed by atoms with Gasteiger partial charge in [-0.15, -0.1) is 0 Å². The maximum atomic E-state index is 10.7. The lowest BCUT2D eigenvalue weighted by Crippen LogP contribution is -2.48. The molecule has 0 aromatic heterocycles. The molecule has 1 saturated heterocycles. The van der Waals surface area contributed by atoms with Crippen LogP contribution in [0.15, 0.2) is 42.0 Å². The van der Waals surface area contributed by atoms with E-state index in [1.54, 1.807) is 0 Å². The third-order valence-corrected chi connectivity index (χ3v) is 6.59.